The van der Waals surface area contributed by atoms with E-state index in [1.807, 2.05) is 14.1 Å². The summed E-state index contributed by atoms with van der Waals surface area (Å²) in [4.78, 5) is 2.13. The SMILES string of the molecule is CN(C)CCc1[c]c[nH]n1. The second-order valence-corrected chi connectivity index (χ2v) is 2.53. The summed E-state index contributed by atoms with van der Waals surface area (Å²) in [5, 5.41) is 6.71. The van der Waals surface area contributed by atoms with Crippen molar-refractivity contribution in [1.82, 2.24) is 15.1 Å². The molecule has 0 atom stereocenters. The van der Waals surface area contributed by atoms with Crippen molar-refractivity contribution in [2.24, 2.45) is 0 Å². The van der Waals surface area contributed by atoms with E-state index in [1.165, 1.54) is 0 Å². The molecule has 0 fully saturated rings. The van der Waals surface area contributed by atoms with Crippen molar-refractivity contribution in [3.05, 3.63) is 18.0 Å². The summed E-state index contributed by atoms with van der Waals surface area (Å²) >= 11 is 0. The Morgan fingerprint density at radius 1 is 1.70 bits per heavy atom. The van der Waals surface area contributed by atoms with Crippen molar-refractivity contribution in [3.8, 4) is 0 Å². The molecule has 1 aromatic heterocycles. The summed E-state index contributed by atoms with van der Waals surface area (Å²) in [5.74, 6) is 0. The molecule has 0 aromatic carbocycles. The molecule has 1 aromatic rings. The Bertz CT molecular complexity index is 167. The van der Waals surface area contributed by atoms with Gasteiger partial charge >= 0.3 is 0 Å². The molecule has 0 bridgehead atoms. The Balaban J connectivity index is 2.28. The van der Waals surface area contributed by atoms with E-state index in [9.17, 15) is 0 Å². The second-order valence-electron chi connectivity index (χ2n) is 2.53. The molecule has 0 spiro atoms. The van der Waals surface area contributed by atoms with E-state index in [1.54, 1.807) is 6.20 Å². The Labute approximate surface area is 61.0 Å². The van der Waals surface area contributed by atoms with Crippen LogP contribution in [0, 0.1) is 6.07 Å². The molecule has 0 saturated heterocycles. The van der Waals surface area contributed by atoms with E-state index >= 15 is 0 Å². The largest absolute Gasteiger partial charge is 0.309 e. The van der Waals surface area contributed by atoms with E-state index in [2.05, 4.69) is 21.2 Å². The van der Waals surface area contributed by atoms with Crippen LogP contribution in [0.4, 0.5) is 0 Å². The molecule has 0 aliphatic carbocycles. The summed E-state index contributed by atoms with van der Waals surface area (Å²) in [5.41, 5.74) is 1.01. The summed E-state index contributed by atoms with van der Waals surface area (Å²) < 4.78 is 0. The van der Waals surface area contributed by atoms with Crippen LogP contribution in [0.3, 0.4) is 0 Å². The zero-order chi connectivity index (χ0) is 7.40. The highest BCUT2D eigenvalue weighted by Gasteiger charge is 1.94. The van der Waals surface area contributed by atoms with Crippen LogP contribution < -0.4 is 0 Å². The van der Waals surface area contributed by atoms with Crippen LogP contribution in [0.15, 0.2) is 6.20 Å². The van der Waals surface area contributed by atoms with Crippen LogP contribution >= 0.6 is 0 Å². The Morgan fingerprint density at radius 2 is 2.50 bits per heavy atom. The first-order chi connectivity index (χ1) is 4.79. The molecule has 55 valence electrons. The van der Waals surface area contributed by atoms with E-state index in [4.69, 9.17) is 0 Å². The molecule has 1 N–H and O–H groups in total. The van der Waals surface area contributed by atoms with Gasteiger partial charge in [0.25, 0.3) is 0 Å². The predicted molar refractivity (Wildman–Crippen MR) is 39.7 cm³/mol. The van der Waals surface area contributed by atoms with Crippen molar-refractivity contribution in [3.63, 3.8) is 0 Å². The van der Waals surface area contributed by atoms with Gasteiger partial charge in [-0.15, -0.1) is 0 Å². The van der Waals surface area contributed by atoms with E-state index in [-0.39, 0.29) is 0 Å². The number of H-pyrrole nitrogens is 1. The van der Waals surface area contributed by atoms with E-state index in [0.29, 0.717) is 0 Å². The third-order valence-corrected chi connectivity index (χ3v) is 1.30. The first-order valence-electron chi connectivity index (χ1n) is 3.34. The van der Waals surface area contributed by atoms with Crippen LogP contribution in [0.5, 0.6) is 0 Å². The lowest BCUT2D eigenvalue weighted by Crippen LogP contribution is -2.15. The zero-order valence-electron chi connectivity index (χ0n) is 6.39. The van der Waals surface area contributed by atoms with E-state index < -0.39 is 0 Å². The summed E-state index contributed by atoms with van der Waals surface area (Å²) in [7, 11) is 4.10. The molecule has 1 radical (unpaired) electrons. The third kappa shape index (κ3) is 2.19. The van der Waals surface area contributed by atoms with Gasteiger partial charge in [-0.2, -0.15) is 5.10 Å². The molecule has 3 heteroatoms. The molecule has 0 aliphatic heterocycles. The van der Waals surface area contributed by atoms with Crippen molar-refractivity contribution in [2.75, 3.05) is 20.6 Å². The van der Waals surface area contributed by atoms with Gasteiger partial charge in [0.2, 0.25) is 0 Å². The average Bonchev–Trinajstić information content (AvgIpc) is 2.34. The lowest BCUT2D eigenvalue weighted by molar-refractivity contribution is 0.411. The molecular weight excluding hydrogens is 126 g/mol. The van der Waals surface area contributed by atoms with E-state index in [0.717, 1.165) is 18.7 Å². The monoisotopic (exact) mass is 138 g/mol. The molecule has 1 rings (SSSR count). The number of aromatic nitrogens is 2. The highest BCUT2D eigenvalue weighted by Crippen LogP contribution is 1.91. The van der Waals surface area contributed by atoms with Gasteiger partial charge in [-0.05, 0) is 14.1 Å². The molecular formula is C7H12N3. The van der Waals surface area contributed by atoms with Gasteiger partial charge in [-0.1, -0.05) is 0 Å². The number of hydrogen-bond acceptors (Lipinski definition) is 2. The van der Waals surface area contributed by atoms with Crippen molar-refractivity contribution < 1.29 is 0 Å². The number of rotatable bonds is 3. The van der Waals surface area contributed by atoms with Crippen LogP contribution in [-0.2, 0) is 6.42 Å². The van der Waals surface area contributed by atoms with Crippen LogP contribution in [-0.4, -0.2) is 35.7 Å². The number of hydrogen-bond donors (Lipinski definition) is 1. The van der Waals surface area contributed by atoms with Crippen molar-refractivity contribution in [1.29, 1.82) is 0 Å². The van der Waals surface area contributed by atoms with Gasteiger partial charge in [-0.3, -0.25) is 5.10 Å². The van der Waals surface area contributed by atoms with Crippen LogP contribution in [0.2, 0.25) is 0 Å². The maximum Gasteiger partial charge on any atom is 0.0714 e. The maximum atomic E-state index is 3.98. The molecule has 0 aliphatic rings. The molecule has 0 saturated carbocycles. The fourth-order valence-electron chi connectivity index (χ4n) is 0.716. The fraction of sp³-hybridized carbons (Fsp3) is 0.571. The Kier molecular flexibility index (Phi) is 2.45. The standard InChI is InChI=1S/C7H12N3/c1-10(2)6-4-7-3-5-8-9-7/h5H,4,6H2,1-2H3,(H,8,9). The first kappa shape index (κ1) is 7.28. The fourth-order valence-corrected chi connectivity index (χ4v) is 0.716. The van der Waals surface area contributed by atoms with Gasteiger partial charge in [0, 0.05) is 25.2 Å². The zero-order valence-corrected chi connectivity index (χ0v) is 6.39. The smallest absolute Gasteiger partial charge is 0.0714 e. The number of likely N-dealkylation sites (N-methyl/N-ethyl adjacent to an activating group) is 1. The van der Waals surface area contributed by atoms with Crippen molar-refractivity contribution >= 4 is 0 Å². The van der Waals surface area contributed by atoms with Gasteiger partial charge in [0.1, 0.15) is 0 Å². The Hall–Kier alpha value is -0.830. The minimum absolute atomic E-state index is 0.969. The summed E-state index contributed by atoms with van der Waals surface area (Å²) in [6.07, 6.45) is 2.70. The molecule has 0 unspecified atom stereocenters. The lowest BCUT2D eigenvalue weighted by Gasteiger charge is -2.06. The number of aromatic amines is 1. The summed E-state index contributed by atoms with van der Waals surface area (Å²) in [6.45, 7) is 1.03. The highest BCUT2D eigenvalue weighted by molar-refractivity contribution is 4.94. The second kappa shape index (κ2) is 3.37. The topological polar surface area (TPSA) is 31.9 Å². The minimum atomic E-state index is 0.969. The number of nitrogens with zero attached hydrogens (tertiary/aromatic N) is 2. The highest BCUT2D eigenvalue weighted by atomic mass is 15.1. The van der Waals surface area contributed by atoms with Gasteiger partial charge in [0.05, 0.1) is 5.69 Å². The minimum Gasteiger partial charge on any atom is -0.309 e. The van der Waals surface area contributed by atoms with Gasteiger partial charge in [0.15, 0.2) is 0 Å². The van der Waals surface area contributed by atoms with Crippen LogP contribution in [0.1, 0.15) is 5.69 Å². The molecule has 3 nitrogen and oxygen atoms in total. The van der Waals surface area contributed by atoms with Gasteiger partial charge in [-0.25, -0.2) is 0 Å². The first-order valence-corrected chi connectivity index (χ1v) is 3.34. The molecule has 1 heterocycles. The average molecular weight is 138 g/mol. The lowest BCUT2D eigenvalue weighted by atomic mass is 10.3. The van der Waals surface area contributed by atoms with Crippen molar-refractivity contribution in [2.45, 2.75) is 6.42 Å². The number of nitrogens with one attached hydrogen (secondary N) is 1. The quantitative estimate of drug-likeness (QED) is 0.652. The van der Waals surface area contributed by atoms with Gasteiger partial charge < -0.3 is 4.90 Å². The molecule has 10 heavy (non-hydrogen) atoms. The predicted octanol–water partition coefficient (Wildman–Crippen LogP) is 0.314. The Morgan fingerprint density at radius 3 is 3.00 bits per heavy atom. The maximum absolute atomic E-state index is 3.98. The molecule has 0 amide bonds. The summed E-state index contributed by atoms with van der Waals surface area (Å²) in [6, 6.07) is 3.00. The third-order valence-electron chi connectivity index (χ3n) is 1.30. The normalized spacial score (nSPS) is 10.7. The van der Waals surface area contributed by atoms with Crippen LogP contribution in [0.25, 0.3) is 0 Å².